The molecule has 0 fully saturated rings. The highest BCUT2D eigenvalue weighted by Crippen LogP contribution is 2.26. The summed E-state index contributed by atoms with van der Waals surface area (Å²) in [6, 6.07) is 22.4. The molecule has 0 aliphatic rings. The average molecular weight is 443 g/mol. The number of rotatable bonds is 6. The van der Waals surface area contributed by atoms with Gasteiger partial charge in [0.1, 0.15) is 11.9 Å². The molecule has 0 aliphatic heterocycles. The van der Waals surface area contributed by atoms with Crippen molar-refractivity contribution in [1.29, 1.82) is 0 Å². The molecule has 0 saturated carbocycles. The maximum Gasteiger partial charge on any atom is 0.343 e. The molecule has 0 saturated heterocycles. The van der Waals surface area contributed by atoms with Crippen LogP contribution in [-0.4, -0.2) is 16.4 Å². The summed E-state index contributed by atoms with van der Waals surface area (Å²) in [7, 11) is 0. The van der Waals surface area contributed by atoms with E-state index in [1.165, 1.54) is 6.07 Å². The number of carbonyl (C=O) groups excluding carboxylic acids is 2. The number of amides is 3. The summed E-state index contributed by atoms with van der Waals surface area (Å²) < 4.78 is 6.51. The standard InChI is InChI=1S/C23H20Cl2N2O3/c1-2-21(16-8-4-3-5-9-16)30-18-14-12-17(13-15-18)26-23(29)27(25)22(28)19-10-6-7-11-20(19)24/h3-15,21H,2H2,1H3,(H,26,29). The molecule has 30 heavy (non-hydrogen) atoms. The third-order valence-electron chi connectivity index (χ3n) is 4.39. The number of carbonyl (C=O) groups is 2. The van der Waals surface area contributed by atoms with Gasteiger partial charge in [0.25, 0.3) is 5.91 Å². The van der Waals surface area contributed by atoms with E-state index >= 15 is 0 Å². The van der Waals surface area contributed by atoms with Crippen LogP contribution in [-0.2, 0) is 0 Å². The zero-order valence-corrected chi connectivity index (χ0v) is 17.7. The van der Waals surface area contributed by atoms with Gasteiger partial charge in [-0.3, -0.25) is 4.79 Å². The molecule has 3 rings (SSSR count). The van der Waals surface area contributed by atoms with Crippen LogP contribution in [0.1, 0.15) is 35.4 Å². The van der Waals surface area contributed by atoms with E-state index in [0.29, 0.717) is 15.9 Å². The van der Waals surface area contributed by atoms with E-state index in [1.807, 2.05) is 30.3 Å². The Morgan fingerprint density at radius 2 is 1.60 bits per heavy atom. The van der Waals surface area contributed by atoms with Crippen molar-refractivity contribution in [3.05, 3.63) is 95.0 Å². The largest absolute Gasteiger partial charge is 0.486 e. The van der Waals surface area contributed by atoms with Gasteiger partial charge in [0.05, 0.1) is 10.6 Å². The quantitative estimate of drug-likeness (QED) is 0.432. The van der Waals surface area contributed by atoms with Crippen molar-refractivity contribution >= 4 is 41.0 Å². The number of imide groups is 1. The fourth-order valence-corrected chi connectivity index (χ4v) is 3.19. The van der Waals surface area contributed by atoms with Gasteiger partial charge in [0, 0.05) is 17.5 Å². The highest BCUT2D eigenvalue weighted by Gasteiger charge is 2.23. The molecule has 5 nitrogen and oxygen atoms in total. The van der Waals surface area contributed by atoms with Crippen molar-refractivity contribution in [2.45, 2.75) is 19.4 Å². The van der Waals surface area contributed by atoms with Gasteiger partial charge in [-0.2, -0.15) is 4.42 Å². The minimum Gasteiger partial charge on any atom is -0.486 e. The first-order valence-electron chi connectivity index (χ1n) is 9.37. The molecule has 7 heteroatoms. The Hall–Kier alpha value is -3.02. The van der Waals surface area contributed by atoms with E-state index in [2.05, 4.69) is 12.2 Å². The second-order valence-electron chi connectivity index (χ2n) is 6.45. The lowest BCUT2D eigenvalue weighted by Gasteiger charge is -2.18. The number of hydrogen-bond acceptors (Lipinski definition) is 3. The lowest BCUT2D eigenvalue weighted by molar-refractivity contribution is 0.0893. The maximum absolute atomic E-state index is 12.4. The molecule has 0 aromatic heterocycles. The lowest BCUT2D eigenvalue weighted by atomic mass is 10.1. The summed E-state index contributed by atoms with van der Waals surface area (Å²) in [5.41, 5.74) is 1.70. The summed E-state index contributed by atoms with van der Waals surface area (Å²) in [4.78, 5) is 24.7. The predicted molar refractivity (Wildman–Crippen MR) is 119 cm³/mol. The van der Waals surface area contributed by atoms with E-state index in [-0.39, 0.29) is 16.7 Å². The molecule has 1 atom stereocenters. The number of nitrogens with zero attached hydrogens (tertiary/aromatic N) is 1. The Labute approximate surface area is 185 Å². The molecule has 0 spiro atoms. The lowest BCUT2D eigenvalue weighted by Crippen LogP contribution is -2.32. The van der Waals surface area contributed by atoms with Crippen LogP contribution in [0, 0.1) is 0 Å². The molecule has 0 radical (unpaired) electrons. The van der Waals surface area contributed by atoms with Crippen LogP contribution in [0.25, 0.3) is 0 Å². The zero-order chi connectivity index (χ0) is 21.5. The Bertz CT molecular complexity index is 1010. The van der Waals surface area contributed by atoms with Gasteiger partial charge in [-0.15, -0.1) is 0 Å². The van der Waals surface area contributed by atoms with Gasteiger partial charge in [-0.25, -0.2) is 4.79 Å². The van der Waals surface area contributed by atoms with Crippen LogP contribution in [0.15, 0.2) is 78.9 Å². The van der Waals surface area contributed by atoms with Crippen molar-refractivity contribution in [3.63, 3.8) is 0 Å². The van der Waals surface area contributed by atoms with Gasteiger partial charge < -0.3 is 10.1 Å². The number of anilines is 1. The minimum absolute atomic E-state index is 0.0711. The fourth-order valence-electron chi connectivity index (χ4n) is 2.84. The Kier molecular flexibility index (Phi) is 7.33. The van der Waals surface area contributed by atoms with Crippen LogP contribution in [0.4, 0.5) is 10.5 Å². The summed E-state index contributed by atoms with van der Waals surface area (Å²) in [5, 5.41) is 2.79. The first-order valence-corrected chi connectivity index (χ1v) is 10.1. The molecule has 1 N–H and O–H groups in total. The molecular weight excluding hydrogens is 423 g/mol. The highest BCUT2D eigenvalue weighted by molar-refractivity contribution is 6.38. The van der Waals surface area contributed by atoms with Crippen molar-refractivity contribution in [2.75, 3.05) is 5.32 Å². The second-order valence-corrected chi connectivity index (χ2v) is 7.19. The number of benzene rings is 3. The van der Waals surface area contributed by atoms with Crippen LogP contribution in [0.3, 0.4) is 0 Å². The Balaban J connectivity index is 1.63. The normalized spacial score (nSPS) is 11.4. The van der Waals surface area contributed by atoms with Gasteiger partial charge in [-0.1, -0.05) is 61.0 Å². The first-order chi connectivity index (χ1) is 14.5. The third kappa shape index (κ3) is 5.32. The zero-order valence-electron chi connectivity index (χ0n) is 16.2. The average Bonchev–Trinajstić information content (AvgIpc) is 2.78. The SMILES string of the molecule is CCC(Oc1ccc(NC(=O)N(Cl)C(=O)c2ccccc2Cl)cc1)c1ccccc1. The molecule has 154 valence electrons. The number of halogens is 2. The number of urea groups is 1. The maximum atomic E-state index is 12.4. The molecule has 3 aromatic rings. The summed E-state index contributed by atoms with van der Waals surface area (Å²) >= 11 is 11.9. The van der Waals surface area contributed by atoms with Gasteiger partial charge in [0.15, 0.2) is 0 Å². The van der Waals surface area contributed by atoms with E-state index < -0.39 is 11.9 Å². The summed E-state index contributed by atoms with van der Waals surface area (Å²) in [5.74, 6) is -0.0491. The van der Waals surface area contributed by atoms with Crippen molar-refractivity contribution in [3.8, 4) is 5.75 Å². The van der Waals surface area contributed by atoms with Crippen molar-refractivity contribution in [2.24, 2.45) is 0 Å². The predicted octanol–water partition coefficient (Wildman–Crippen LogP) is 6.70. The molecule has 0 heterocycles. The van der Waals surface area contributed by atoms with E-state index in [0.717, 1.165) is 12.0 Å². The van der Waals surface area contributed by atoms with E-state index in [1.54, 1.807) is 42.5 Å². The number of hydrogen-bond donors (Lipinski definition) is 1. The Morgan fingerprint density at radius 1 is 0.967 bits per heavy atom. The first kappa shape index (κ1) is 21.7. The van der Waals surface area contributed by atoms with Gasteiger partial charge in [-0.05, 0) is 48.4 Å². The second kappa shape index (κ2) is 10.1. The molecule has 3 amide bonds. The van der Waals surface area contributed by atoms with Crippen LogP contribution < -0.4 is 10.1 Å². The van der Waals surface area contributed by atoms with Gasteiger partial charge in [0.2, 0.25) is 0 Å². The summed E-state index contributed by atoms with van der Waals surface area (Å²) in [6.45, 7) is 2.05. The van der Waals surface area contributed by atoms with Gasteiger partial charge >= 0.3 is 6.03 Å². The number of ether oxygens (including phenoxy) is 1. The van der Waals surface area contributed by atoms with Crippen molar-refractivity contribution < 1.29 is 14.3 Å². The Morgan fingerprint density at radius 3 is 2.23 bits per heavy atom. The summed E-state index contributed by atoms with van der Waals surface area (Å²) in [6.07, 6.45) is 0.742. The fraction of sp³-hybridized carbons (Fsp3) is 0.130. The van der Waals surface area contributed by atoms with Crippen LogP contribution in [0.5, 0.6) is 5.75 Å². The van der Waals surface area contributed by atoms with E-state index in [9.17, 15) is 9.59 Å². The van der Waals surface area contributed by atoms with Crippen LogP contribution >= 0.6 is 23.4 Å². The molecular formula is C23H20Cl2N2O3. The van der Waals surface area contributed by atoms with Crippen LogP contribution in [0.2, 0.25) is 5.02 Å². The van der Waals surface area contributed by atoms with Crippen molar-refractivity contribution in [1.82, 2.24) is 4.42 Å². The third-order valence-corrected chi connectivity index (χ3v) is 5.02. The molecule has 1 unspecified atom stereocenters. The monoisotopic (exact) mass is 442 g/mol. The minimum atomic E-state index is -0.786. The smallest absolute Gasteiger partial charge is 0.343 e. The number of nitrogens with one attached hydrogen (secondary N) is 1. The molecule has 0 aliphatic carbocycles. The van der Waals surface area contributed by atoms with E-state index in [4.69, 9.17) is 28.1 Å². The highest BCUT2D eigenvalue weighted by atomic mass is 35.5. The molecule has 0 bridgehead atoms. The molecule has 3 aromatic carbocycles. The topological polar surface area (TPSA) is 58.6 Å².